The van der Waals surface area contributed by atoms with Gasteiger partial charge in [-0.2, -0.15) is 0 Å². The van der Waals surface area contributed by atoms with E-state index in [2.05, 4.69) is 17.4 Å². The van der Waals surface area contributed by atoms with E-state index in [9.17, 15) is 20.0 Å². The summed E-state index contributed by atoms with van der Waals surface area (Å²) >= 11 is 0. The number of benzene rings is 3. The Morgan fingerprint density at radius 3 is 2.45 bits per heavy atom. The van der Waals surface area contributed by atoms with E-state index in [0.717, 1.165) is 17.5 Å². The summed E-state index contributed by atoms with van der Waals surface area (Å²) in [5.74, 6) is -0.686. The fourth-order valence-corrected chi connectivity index (χ4v) is 4.90. The van der Waals surface area contributed by atoms with Gasteiger partial charge >= 0.3 is 5.97 Å². The number of nitro benzene ring substituents is 1. The van der Waals surface area contributed by atoms with Crippen molar-refractivity contribution in [3.63, 3.8) is 0 Å². The number of nitrogens with zero attached hydrogens (tertiary/aromatic N) is 1. The van der Waals surface area contributed by atoms with Crippen molar-refractivity contribution in [2.75, 3.05) is 5.32 Å². The monoisotopic (exact) mass is 386 g/mol. The minimum Gasteiger partial charge on any atom is -0.478 e. The summed E-state index contributed by atoms with van der Waals surface area (Å²) in [6.45, 7) is 0. The minimum absolute atomic E-state index is 0.0439. The third-order valence-corrected chi connectivity index (χ3v) is 6.13. The number of nitro groups is 1. The van der Waals surface area contributed by atoms with Crippen molar-refractivity contribution >= 4 is 17.3 Å². The lowest BCUT2D eigenvalue weighted by molar-refractivity contribution is -0.384. The normalized spacial score (nSPS) is 21.4. The molecule has 0 radical (unpaired) electrons. The van der Waals surface area contributed by atoms with Crippen LogP contribution in [0.5, 0.6) is 0 Å². The molecule has 3 aromatic carbocycles. The molecular formula is C23H18N2O4. The van der Waals surface area contributed by atoms with Crippen LogP contribution >= 0.6 is 0 Å². The van der Waals surface area contributed by atoms with Gasteiger partial charge in [-0.3, -0.25) is 10.1 Å². The summed E-state index contributed by atoms with van der Waals surface area (Å²) < 4.78 is 0. The van der Waals surface area contributed by atoms with E-state index in [-0.39, 0.29) is 29.1 Å². The number of anilines is 1. The van der Waals surface area contributed by atoms with Crippen LogP contribution in [0, 0.1) is 16.0 Å². The molecule has 1 aliphatic heterocycles. The van der Waals surface area contributed by atoms with E-state index in [4.69, 9.17) is 0 Å². The molecule has 0 saturated carbocycles. The van der Waals surface area contributed by atoms with Crippen LogP contribution in [-0.4, -0.2) is 16.0 Å². The average Bonchev–Trinajstić information content (AvgIpc) is 3.12. The van der Waals surface area contributed by atoms with Crippen molar-refractivity contribution in [3.8, 4) is 0 Å². The molecule has 1 aliphatic carbocycles. The Morgan fingerprint density at radius 2 is 1.72 bits per heavy atom. The van der Waals surface area contributed by atoms with Gasteiger partial charge in [-0.05, 0) is 40.7 Å². The SMILES string of the molecule is O=C(O)c1cccc2c1N[C@H](c1ccc([N+](=O)[O-])cc1)[C@H]1Cc3ccccc3[C@H]21. The van der Waals surface area contributed by atoms with Gasteiger partial charge in [0.05, 0.1) is 22.2 Å². The van der Waals surface area contributed by atoms with E-state index in [1.165, 1.54) is 23.3 Å². The third-order valence-electron chi connectivity index (χ3n) is 6.13. The predicted octanol–water partition coefficient (Wildman–Crippen LogP) is 4.76. The highest BCUT2D eigenvalue weighted by molar-refractivity contribution is 5.96. The van der Waals surface area contributed by atoms with Gasteiger partial charge in [-0.1, -0.05) is 48.5 Å². The molecule has 0 saturated heterocycles. The van der Waals surface area contributed by atoms with Crippen molar-refractivity contribution in [2.24, 2.45) is 5.92 Å². The Kier molecular flexibility index (Phi) is 3.87. The van der Waals surface area contributed by atoms with Crippen molar-refractivity contribution < 1.29 is 14.8 Å². The lowest BCUT2D eigenvalue weighted by atomic mass is 9.75. The van der Waals surface area contributed by atoms with Gasteiger partial charge in [0.25, 0.3) is 5.69 Å². The zero-order chi connectivity index (χ0) is 20.1. The van der Waals surface area contributed by atoms with Gasteiger partial charge in [-0.25, -0.2) is 4.79 Å². The van der Waals surface area contributed by atoms with Gasteiger partial charge in [-0.15, -0.1) is 0 Å². The lowest BCUT2D eigenvalue weighted by Crippen LogP contribution is -2.31. The summed E-state index contributed by atoms with van der Waals surface area (Å²) in [5.41, 5.74) is 5.35. The summed E-state index contributed by atoms with van der Waals surface area (Å²) in [6, 6.07) is 20.1. The van der Waals surface area contributed by atoms with E-state index in [1.807, 2.05) is 18.2 Å². The van der Waals surface area contributed by atoms with Crippen LogP contribution in [-0.2, 0) is 6.42 Å². The molecule has 2 N–H and O–H groups in total. The number of rotatable bonds is 3. The van der Waals surface area contributed by atoms with Gasteiger partial charge in [0, 0.05) is 18.1 Å². The Labute approximate surface area is 167 Å². The molecule has 6 heteroatoms. The van der Waals surface area contributed by atoms with Crippen molar-refractivity contribution in [1.29, 1.82) is 0 Å². The highest BCUT2D eigenvalue weighted by Gasteiger charge is 2.44. The van der Waals surface area contributed by atoms with E-state index in [0.29, 0.717) is 5.69 Å². The van der Waals surface area contributed by atoms with Crippen molar-refractivity contribution in [2.45, 2.75) is 18.4 Å². The second kappa shape index (κ2) is 6.44. The maximum atomic E-state index is 11.9. The summed E-state index contributed by atoms with van der Waals surface area (Å²) in [7, 11) is 0. The van der Waals surface area contributed by atoms with Crippen LogP contribution in [0.3, 0.4) is 0 Å². The number of non-ortho nitro benzene ring substituents is 1. The summed E-state index contributed by atoms with van der Waals surface area (Å²) in [5, 5.41) is 24.2. The lowest BCUT2D eigenvalue weighted by Gasteiger charge is -2.38. The van der Waals surface area contributed by atoms with Crippen molar-refractivity contribution in [1.82, 2.24) is 0 Å². The van der Waals surface area contributed by atoms with Crippen LogP contribution in [0.1, 0.15) is 44.6 Å². The van der Waals surface area contributed by atoms with Crippen LogP contribution in [0.15, 0.2) is 66.7 Å². The molecule has 6 nitrogen and oxygen atoms in total. The largest absolute Gasteiger partial charge is 0.478 e. The quantitative estimate of drug-likeness (QED) is 0.500. The standard InChI is InChI=1S/C23H18N2O4/c26-23(27)18-7-3-6-17-20-16-5-2-1-4-14(16)12-19(20)21(24-22(17)18)13-8-10-15(11-9-13)25(28)29/h1-11,19-21,24H,12H2,(H,26,27)/t19-,20+,21+/m0/s1. The van der Waals surface area contributed by atoms with Crippen LogP contribution in [0.25, 0.3) is 0 Å². The minimum atomic E-state index is -0.971. The molecule has 0 spiro atoms. The van der Waals surface area contributed by atoms with E-state index < -0.39 is 10.9 Å². The Bertz CT molecular complexity index is 1140. The summed E-state index contributed by atoms with van der Waals surface area (Å²) in [4.78, 5) is 22.5. The first-order chi connectivity index (χ1) is 14.0. The zero-order valence-corrected chi connectivity index (χ0v) is 15.4. The molecule has 3 atom stereocenters. The number of aromatic carboxylic acids is 1. The number of hydrogen-bond donors (Lipinski definition) is 2. The van der Waals surface area contributed by atoms with Crippen molar-refractivity contribution in [3.05, 3.63) is 105 Å². The Morgan fingerprint density at radius 1 is 1.00 bits per heavy atom. The van der Waals surface area contributed by atoms with E-state index in [1.54, 1.807) is 24.3 Å². The number of carbonyl (C=O) groups is 1. The average molecular weight is 386 g/mol. The first-order valence-electron chi connectivity index (χ1n) is 9.49. The fourth-order valence-electron chi connectivity index (χ4n) is 4.90. The first-order valence-corrected chi connectivity index (χ1v) is 9.49. The molecule has 29 heavy (non-hydrogen) atoms. The van der Waals surface area contributed by atoms with Gasteiger partial charge < -0.3 is 10.4 Å². The molecule has 5 rings (SSSR count). The molecule has 1 heterocycles. The Hall–Kier alpha value is -3.67. The highest BCUT2D eigenvalue weighted by atomic mass is 16.6. The Balaban J connectivity index is 1.67. The van der Waals surface area contributed by atoms with Gasteiger partial charge in [0.2, 0.25) is 0 Å². The number of para-hydroxylation sites is 1. The number of fused-ring (bicyclic) bond motifs is 5. The van der Waals surface area contributed by atoms with Gasteiger partial charge in [0.1, 0.15) is 0 Å². The van der Waals surface area contributed by atoms with Crippen LogP contribution in [0.2, 0.25) is 0 Å². The fraction of sp³-hybridized carbons (Fsp3) is 0.174. The molecule has 0 aromatic heterocycles. The zero-order valence-electron chi connectivity index (χ0n) is 15.4. The van der Waals surface area contributed by atoms with Gasteiger partial charge in [0.15, 0.2) is 0 Å². The topological polar surface area (TPSA) is 92.5 Å². The molecular weight excluding hydrogens is 368 g/mol. The first kappa shape index (κ1) is 17.4. The number of hydrogen-bond acceptors (Lipinski definition) is 4. The highest BCUT2D eigenvalue weighted by Crippen LogP contribution is 2.54. The number of nitrogens with one attached hydrogen (secondary N) is 1. The second-order valence-corrected chi connectivity index (χ2v) is 7.59. The maximum Gasteiger partial charge on any atom is 0.337 e. The molecule has 2 aliphatic rings. The molecule has 144 valence electrons. The molecule has 3 aromatic rings. The molecule has 0 unspecified atom stereocenters. The number of carboxylic acids is 1. The van der Waals surface area contributed by atoms with E-state index >= 15 is 0 Å². The predicted molar refractivity (Wildman–Crippen MR) is 108 cm³/mol. The maximum absolute atomic E-state index is 11.9. The molecule has 0 bridgehead atoms. The third kappa shape index (κ3) is 2.68. The van der Waals surface area contributed by atoms with Crippen LogP contribution in [0.4, 0.5) is 11.4 Å². The molecule has 0 amide bonds. The number of carboxylic acid groups (broad SMARTS) is 1. The molecule has 0 fully saturated rings. The summed E-state index contributed by atoms with van der Waals surface area (Å²) in [6.07, 6.45) is 0.867. The van der Waals surface area contributed by atoms with Crippen LogP contribution < -0.4 is 5.32 Å². The smallest absolute Gasteiger partial charge is 0.337 e. The second-order valence-electron chi connectivity index (χ2n) is 7.59.